The number of carbonyl (C=O) groups excluding carboxylic acids is 1. The number of nitrogens with zero attached hydrogens (tertiary/aromatic N) is 2. The zero-order chi connectivity index (χ0) is 32.0. The van der Waals surface area contributed by atoms with Crippen LogP contribution >= 0.6 is 0 Å². The van der Waals surface area contributed by atoms with E-state index in [2.05, 4.69) is 107 Å². The number of ether oxygens (including phenoxy) is 1. The lowest BCUT2D eigenvalue weighted by Gasteiger charge is -2.44. The van der Waals surface area contributed by atoms with Gasteiger partial charge < -0.3 is 22.9 Å². The molecule has 1 fully saturated rings. The van der Waals surface area contributed by atoms with Crippen LogP contribution in [0.2, 0.25) is 54.4 Å². The Bertz CT molecular complexity index is 1040. The van der Waals surface area contributed by atoms with Crippen LogP contribution in [0.1, 0.15) is 84.5 Å². The lowest BCUT2D eigenvalue weighted by Crippen LogP contribution is -2.54. The van der Waals surface area contributed by atoms with Crippen molar-refractivity contribution in [1.82, 2.24) is 9.88 Å². The van der Waals surface area contributed by atoms with Gasteiger partial charge in [-0.3, -0.25) is 9.78 Å². The van der Waals surface area contributed by atoms with Crippen molar-refractivity contribution in [1.29, 1.82) is 0 Å². The highest BCUT2D eigenvalue weighted by molar-refractivity contribution is 6.75. The van der Waals surface area contributed by atoms with Gasteiger partial charge in [-0.2, -0.15) is 0 Å². The zero-order valence-corrected chi connectivity index (χ0v) is 32.2. The van der Waals surface area contributed by atoms with Gasteiger partial charge in [-0.1, -0.05) is 68.4 Å². The quantitative estimate of drug-likeness (QED) is 0.259. The Morgan fingerprint density at radius 3 is 1.66 bits per heavy atom. The molecule has 2 heterocycles. The third-order valence-corrected chi connectivity index (χ3v) is 23.4. The van der Waals surface area contributed by atoms with Crippen molar-refractivity contribution in [3.05, 3.63) is 29.6 Å². The number of hydrogen-bond acceptors (Lipinski definition) is 6. The molecule has 0 saturated carbocycles. The number of rotatable bonds is 9. The fraction of sp³-hybridized carbons (Fsp3) is 0.806. The van der Waals surface area contributed by atoms with Gasteiger partial charge in [-0.05, 0) is 60.5 Å². The zero-order valence-electron chi connectivity index (χ0n) is 29.2. The van der Waals surface area contributed by atoms with Crippen LogP contribution in [0.3, 0.4) is 0 Å². The van der Waals surface area contributed by atoms with Gasteiger partial charge in [0.25, 0.3) is 5.91 Å². The van der Waals surface area contributed by atoms with Gasteiger partial charge in [0.2, 0.25) is 0 Å². The second-order valence-electron chi connectivity index (χ2n) is 16.5. The largest absolute Gasteiger partial charge is 0.414 e. The van der Waals surface area contributed by atoms with Gasteiger partial charge in [0.15, 0.2) is 25.0 Å². The highest BCUT2D eigenvalue weighted by Gasteiger charge is 2.54. The normalized spacial score (nSPS) is 23.1. The Balaban J connectivity index is 2.63. The van der Waals surface area contributed by atoms with Crippen molar-refractivity contribution in [2.75, 3.05) is 20.7 Å². The maximum absolute atomic E-state index is 12.5. The Hall–Kier alpha value is -0.889. The fourth-order valence-electron chi connectivity index (χ4n) is 3.87. The minimum absolute atomic E-state index is 0.00897. The molecule has 0 radical (unpaired) electrons. The van der Waals surface area contributed by atoms with Crippen LogP contribution in [0, 0.1) is 0 Å². The molecule has 10 heteroatoms. The summed E-state index contributed by atoms with van der Waals surface area (Å²) in [5, 5.41) is 0.110. The van der Waals surface area contributed by atoms with E-state index in [1.165, 1.54) is 4.90 Å². The smallest absolute Gasteiger partial charge is 0.271 e. The average Bonchev–Trinajstić information content (AvgIpc) is 3.11. The Morgan fingerprint density at radius 1 is 0.805 bits per heavy atom. The summed E-state index contributed by atoms with van der Waals surface area (Å²) in [6, 6.07) is 3.74. The lowest BCUT2D eigenvalue weighted by atomic mass is 10.0. The van der Waals surface area contributed by atoms with Gasteiger partial charge in [0.05, 0.1) is 6.61 Å². The highest BCUT2D eigenvalue weighted by Crippen LogP contribution is 2.47. The van der Waals surface area contributed by atoms with E-state index in [4.69, 9.17) is 18.0 Å². The van der Waals surface area contributed by atoms with Crippen molar-refractivity contribution in [2.45, 2.75) is 141 Å². The second kappa shape index (κ2) is 12.2. The molecule has 0 bridgehead atoms. The predicted octanol–water partition coefficient (Wildman–Crippen LogP) is 8.03. The number of aromatic nitrogens is 1. The van der Waals surface area contributed by atoms with Crippen LogP contribution in [-0.2, 0) is 18.0 Å². The van der Waals surface area contributed by atoms with Crippen LogP contribution in [0.5, 0.6) is 0 Å². The minimum Gasteiger partial charge on any atom is -0.414 e. The Morgan fingerprint density at radius 2 is 1.27 bits per heavy atom. The fourth-order valence-corrected chi connectivity index (χ4v) is 7.50. The molecule has 1 aliphatic heterocycles. The van der Waals surface area contributed by atoms with Crippen molar-refractivity contribution in [2.24, 2.45) is 0 Å². The van der Waals surface area contributed by atoms with Gasteiger partial charge in [-0.25, -0.2) is 0 Å². The maximum atomic E-state index is 12.5. The van der Waals surface area contributed by atoms with Crippen molar-refractivity contribution < 1.29 is 22.8 Å². The Labute approximate surface area is 254 Å². The third kappa shape index (κ3) is 8.39. The topological polar surface area (TPSA) is 70.1 Å². The van der Waals surface area contributed by atoms with E-state index in [1.54, 1.807) is 26.4 Å². The van der Waals surface area contributed by atoms with Crippen LogP contribution in [0.15, 0.2) is 18.3 Å². The molecule has 41 heavy (non-hydrogen) atoms. The van der Waals surface area contributed by atoms with Gasteiger partial charge in [-0.15, -0.1) is 0 Å². The molecule has 1 amide bonds. The van der Waals surface area contributed by atoms with E-state index in [0.29, 0.717) is 12.3 Å². The summed E-state index contributed by atoms with van der Waals surface area (Å²) in [6.45, 7) is 34.5. The molecule has 0 N–H and O–H groups in total. The van der Waals surface area contributed by atoms with Crippen LogP contribution in [-0.4, -0.2) is 79.8 Å². The molecular weight excluding hydrogens is 565 g/mol. The predicted molar refractivity (Wildman–Crippen MR) is 177 cm³/mol. The molecule has 4 atom stereocenters. The first-order valence-electron chi connectivity index (χ1n) is 15.0. The van der Waals surface area contributed by atoms with Crippen molar-refractivity contribution >= 4 is 30.9 Å². The van der Waals surface area contributed by atoms with E-state index >= 15 is 0 Å². The Kier molecular flexibility index (Phi) is 10.8. The standard InChI is InChI=1S/C31H60N2O5Si3/c1-29(2,3)39(12,13)35-21-24-26(37-40(14,15)30(4,5)6)27(38-41(16,17)31(7,8)9)25(36-24)22-18-19-23(32-20-22)28(34)33(10)11/h18-20,24-27H,21H2,1-17H3/t24-,25+,26-,27+/m1/s1. The van der Waals surface area contributed by atoms with Crippen LogP contribution in [0.4, 0.5) is 0 Å². The van der Waals surface area contributed by atoms with Crippen LogP contribution in [0.25, 0.3) is 0 Å². The van der Waals surface area contributed by atoms with Crippen molar-refractivity contribution in [3.63, 3.8) is 0 Å². The number of hydrogen-bond donors (Lipinski definition) is 0. The van der Waals surface area contributed by atoms with Gasteiger partial charge >= 0.3 is 0 Å². The molecule has 7 nitrogen and oxygen atoms in total. The first kappa shape index (κ1) is 36.3. The average molecular weight is 625 g/mol. The summed E-state index contributed by atoms with van der Waals surface area (Å²) >= 11 is 0. The minimum atomic E-state index is -2.23. The van der Waals surface area contributed by atoms with Crippen LogP contribution < -0.4 is 0 Å². The SMILES string of the molecule is CN(C)C(=O)c1ccc([C@@H]2O[C@H](CO[Si](C)(C)C(C)(C)C)[C@@H](O[Si](C)(C)C(C)(C)C)[C@H]2O[Si](C)(C)C(C)(C)C)cn1. The molecule has 1 aliphatic rings. The summed E-state index contributed by atoms with van der Waals surface area (Å²) in [6.07, 6.45) is 0.478. The van der Waals surface area contributed by atoms with E-state index in [9.17, 15) is 4.79 Å². The summed E-state index contributed by atoms with van der Waals surface area (Å²) in [5.41, 5.74) is 1.30. The molecule has 236 valence electrons. The first-order chi connectivity index (χ1) is 18.2. The molecule has 1 saturated heterocycles. The van der Waals surface area contributed by atoms with E-state index in [0.717, 1.165) is 5.56 Å². The molecule has 2 rings (SSSR count). The summed E-state index contributed by atoms with van der Waals surface area (Å²) < 4.78 is 28.1. The first-order valence-corrected chi connectivity index (χ1v) is 23.8. The number of pyridine rings is 1. The third-order valence-electron chi connectivity index (χ3n) is 9.94. The van der Waals surface area contributed by atoms with E-state index < -0.39 is 25.0 Å². The molecular formula is C31H60N2O5Si3. The lowest BCUT2D eigenvalue weighted by molar-refractivity contribution is -0.0173. The number of amides is 1. The molecule has 0 unspecified atom stereocenters. The summed E-state index contributed by atoms with van der Waals surface area (Å²) in [7, 11) is -3.01. The molecule has 0 aliphatic carbocycles. The molecule has 0 spiro atoms. The monoisotopic (exact) mass is 624 g/mol. The molecule has 1 aromatic rings. The summed E-state index contributed by atoms with van der Waals surface area (Å²) in [5.74, 6) is -0.127. The van der Waals surface area contributed by atoms with Gasteiger partial charge in [0.1, 0.15) is 30.1 Å². The van der Waals surface area contributed by atoms with E-state index in [-0.39, 0.29) is 45.4 Å². The summed E-state index contributed by atoms with van der Waals surface area (Å²) in [4.78, 5) is 18.6. The van der Waals surface area contributed by atoms with Crippen molar-refractivity contribution in [3.8, 4) is 0 Å². The molecule has 0 aromatic carbocycles. The van der Waals surface area contributed by atoms with E-state index in [1.807, 2.05) is 6.07 Å². The maximum Gasteiger partial charge on any atom is 0.271 e. The molecule has 1 aromatic heterocycles. The number of carbonyl (C=O) groups is 1. The van der Waals surface area contributed by atoms with Gasteiger partial charge in [0, 0.05) is 25.9 Å². The second-order valence-corrected chi connectivity index (χ2v) is 30.9. The highest BCUT2D eigenvalue weighted by atomic mass is 28.4.